The number of rotatable bonds is 0. The summed E-state index contributed by atoms with van der Waals surface area (Å²) < 4.78 is 2.14. The van der Waals surface area contributed by atoms with Gasteiger partial charge in [-0.2, -0.15) is 4.57 Å². The number of benzene rings is 2. The zero-order valence-electron chi connectivity index (χ0n) is 14.4. The first-order chi connectivity index (χ1) is 12.2. The SMILES string of the molecule is CN1C(=CC#Cc2ccc3ccccc3[n+]2C)C=Cc2ccccc21. The molecule has 120 valence electrons. The molecular weight excluding hydrogens is 304 g/mol. The van der Waals surface area contributed by atoms with E-state index in [2.05, 4.69) is 108 Å². The van der Waals surface area contributed by atoms with E-state index in [1.807, 2.05) is 6.08 Å². The third-order valence-electron chi connectivity index (χ3n) is 4.62. The highest BCUT2D eigenvalue weighted by Gasteiger charge is 2.12. The molecule has 0 unspecified atom stereocenters. The average Bonchev–Trinajstić information content (AvgIpc) is 2.66. The summed E-state index contributed by atoms with van der Waals surface area (Å²) in [5.41, 5.74) is 5.71. The molecule has 3 aromatic rings. The molecule has 1 aliphatic heterocycles. The maximum atomic E-state index is 3.27. The van der Waals surface area contributed by atoms with Gasteiger partial charge >= 0.3 is 0 Å². The molecule has 0 N–H and O–H groups in total. The maximum Gasteiger partial charge on any atom is 0.257 e. The molecule has 0 fully saturated rings. The number of para-hydroxylation sites is 2. The molecule has 0 bridgehead atoms. The summed E-state index contributed by atoms with van der Waals surface area (Å²) in [7, 11) is 4.13. The minimum Gasteiger partial charge on any atom is -0.344 e. The van der Waals surface area contributed by atoms with Crippen LogP contribution in [0.25, 0.3) is 17.0 Å². The van der Waals surface area contributed by atoms with Crippen molar-refractivity contribution in [1.82, 2.24) is 0 Å². The number of fused-ring (bicyclic) bond motifs is 2. The summed E-state index contributed by atoms with van der Waals surface area (Å²) in [4.78, 5) is 2.17. The fourth-order valence-electron chi connectivity index (χ4n) is 3.16. The molecule has 0 saturated carbocycles. The zero-order valence-corrected chi connectivity index (χ0v) is 14.4. The molecule has 2 aromatic carbocycles. The van der Waals surface area contributed by atoms with Crippen molar-refractivity contribution in [3.63, 3.8) is 0 Å². The fourth-order valence-corrected chi connectivity index (χ4v) is 3.16. The van der Waals surface area contributed by atoms with Gasteiger partial charge in [-0.25, -0.2) is 0 Å². The van der Waals surface area contributed by atoms with E-state index in [-0.39, 0.29) is 0 Å². The van der Waals surface area contributed by atoms with Crippen LogP contribution in [0.4, 0.5) is 5.69 Å². The second-order valence-electron chi connectivity index (χ2n) is 6.13. The number of aromatic nitrogens is 1. The van der Waals surface area contributed by atoms with Gasteiger partial charge in [0.1, 0.15) is 7.05 Å². The average molecular weight is 323 g/mol. The standard InChI is InChI=1S/C23H19N2/c1-24-20(16-14-18-8-3-5-12-22(18)24)10-7-11-21-17-15-19-9-4-6-13-23(19)25(21)2/h3-6,8-10,12-17H,1-2H3/q+1. The molecule has 0 spiro atoms. The van der Waals surface area contributed by atoms with Gasteiger partial charge in [-0.1, -0.05) is 42.3 Å². The first kappa shape index (κ1) is 15.2. The van der Waals surface area contributed by atoms with E-state index in [0.717, 1.165) is 11.4 Å². The molecule has 0 radical (unpaired) electrons. The first-order valence-electron chi connectivity index (χ1n) is 8.34. The minimum absolute atomic E-state index is 0.999. The molecule has 25 heavy (non-hydrogen) atoms. The lowest BCUT2D eigenvalue weighted by Crippen LogP contribution is -2.33. The van der Waals surface area contributed by atoms with E-state index >= 15 is 0 Å². The molecule has 4 rings (SSSR count). The number of allylic oxidation sites excluding steroid dienone is 2. The second kappa shape index (κ2) is 6.30. The molecule has 0 atom stereocenters. The summed E-state index contributed by atoms with van der Waals surface area (Å²) in [6, 6.07) is 20.9. The Bertz CT molecular complexity index is 1080. The van der Waals surface area contributed by atoms with E-state index in [9.17, 15) is 0 Å². The Balaban J connectivity index is 1.67. The number of aryl methyl sites for hydroxylation is 1. The van der Waals surface area contributed by atoms with Crippen LogP contribution >= 0.6 is 0 Å². The van der Waals surface area contributed by atoms with Crippen LogP contribution < -0.4 is 9.47 Å². The Hall–Kier alpha value is -3.31. The largest absolute Gasteiger partial charge is 0.344 e. The van der Waals surface area contributed by atoms with Gasteiger partial charge in [0, 0.05) is 47.9 Å². The molecule has 2 nitrogen and oxygen atoms in total. The van der Waals surface area contributed by atoms with Crippen LogP contribution in [0, 0.1) is 11.8 Å². The fraction of sp³-hybridized carbons (Fsp3) is 0.0870. The predicted molar refractivity (Wildman–Crippen MR) is 104 cm³/mol. The Labute approximate surface area is 148 Å². The van der Waals surface area contributed by atoms with E-state index < -0.39 is 0 Å². The van der Waals surface area contributed by atoms with Crippen molar-refractivity contribution in [3.05, 3.63) is 89.8 Å². The third kappa shape index (κ3) is 2.81. The van der Waals surface area contributed by atoms with E-state index in [1.54, 1.807) is 0 Å². The van der Waals surface area contributed by atoms with Gasteiger partial charge in [0.05, 0.1) is 0 Å². The van der Waals surface area contributed by atoms with Crippen molar-refractivity contribution in [1.29, 1.82) is 0 Å². The first-order valence-corrected chi connectivity index (χ1v) is 8.34. The van der Waals surface area contributed by atoms with E-state index in [4.69, 9.17) is 0 Å². The summed E-state index contributed by atoms with van der Waals surface area (Å²) in [5.74, 6) is 6.49. The van der Waals surface area contributed by atoms with Crippen LogP contribution in [-0.4, -0.2) is 7.05 Å². The molecule has 2 heterocycles. The highest BCUT2D eigenvalue weighted by molar-refractivity contribution is 5.77. The Morgan fingerprint density at radius 3 is 2.64 bits per heavy atom. The number of likely N-dealkylation sites (N-methyl/N-ethyl adjacent to an activating group) is 1. The van der Waals surface area contributed by atoms with Crippen LogP contribution in [0.5, 0.6) is 0 Å². The lowest BCUT2D eigenvalue weighted by molar-refractivity contribution is -0.647. The zero-order chi connectivity index (χ0) is 17.2. The van der Waals surface area contributed by atoms with Crippen molar-refractivity contribution in [3.8, 4) is 11.8 Å². The number of pyridine rings is 1. The van der Waals surface area contributed by atoms with Gasteiger partial charge in [0.25, 0.3) is 5.69 Å². The summed E-state index contributed by atoms with van der Waals surface area (Å²) in [5, 5.41) is 1.22. The Morgan fingerprint density at radius 2 is 1.72 bits per heavy atom. The normalized spacial score (nSPS) is 14.3. The predicted octanol–water partition coefficient (Wildman–Crippen LogP) is 4.06. The number of anilines is 1. The monoisotopic (exact) mass is 323 g/mol. The van der Waals surface area contributed by atoms with Crippen molar-refractivity contribution in [2.75, 3.05) is 11.9 Å². The molecule has 1 aromatic heterocycles. The number of hydrogen-bond acceptors (Lipinski definition) is 1. The highest BCUT2D eigenvalue weighted by Crippen LogP contribution is 2.28. The lowest BCUT2D eigenvalue weighted by Gasteiger charge is -2.25. The van der Waals surface area contributed by atoms with Crippen molar-refractivity contribution in [2.24, 2.45) is 7.05 Å². The van der Waals surface area contributed by atoms with Crippen molar-refractivity contribution >= 4 is 22.7 Å². The van der Waals surface area contributed by atoms with Gasteiger partial charge in [0.2, 0.25) is 5.52 Å². The quantitative estimate of drug-likeness (QED) is 0.447. The van der Waals surface area contributed by atoms with Gasteiger partial charge < -0.3 is 4.90 Å². The van der Waals surface area contributed by atoms with Crippen LogP contribution in [0.3, 0.4) is 0 Å². The number of hydrogen-bond donors (Lipinski definition) is 0. The highest BCUT2D eigenvalue weighted by atomic mass is 15.1. The number of nitrogens with zero attached hydrogens (tertiary/aromatic N) is 2. The maximum absolute atomic E-state index is 3.27. The van der Waals surface area contributed by atoms with Crippen LogP contribution in [-0.2, 0) is 7.05 Å². The molecule has 0 aliphatic carbocycles. The minimum atomic E-state index is 0.999. The van der Waals surface area contributed by atoms with Crippen LogP contribution in [0.1, 0.15) is 11.3 Å². The van der Waals surface area contributed by atoms with Crippen LogP contribution in [0.2, 0.25) is 0 Å². The Morgan fingerprint density at radius 1 is 0.920 bits per heavy atom. The Kier molecular flexibility index (Phi) is 3.84. The third-order valence-corrected chi connectivity index (χ3v) is 4.62. The van der Waals surface area contributed by atoms with Crippen LogP contribution in [0.15, 0.2) is 78.5 Å². The smallest absolute Gasteiger partial charge is 0.257 e. The summed E-state index contributed by atoms with van der Waals surface area (Å²) in [6.07, 6.45) is 6.22. The molecule has 2 heteroatoms. The van der Waals surface area contributed by atoms with E-state index in [0.29, 0.717) is 0 Å². The van der Waals surface area contributed by atoms with Gasteiger partial charge in [-0.05, 0) is 29.8 Å². The summed E-state index contributed by atoms with van der Waals surface area (Å²) >= 11 is 0. The second-order valence-corrected chi connectivity index (χ2v) is 6.13. The molecule has 1 aliphatic rings. The lowest BCUT2D eigenvalue weighted by atomic mass is 10.1. The van der Waals surface area contributed by atoms with Gasteiger partial charge in [-0.15, -0.1) is 0 Å². The molecule has 0 saturated heterocycles. The summed E-state index contributed by atoms with van der Waals surface area (Å²) in [6.45, 7) is 0. The molecule has 0 amide bonds. The van der Waals surface area contributed by atoms with Crippen molar-refractivity contribution in [2.45, 2.75) is 0 Å². The van der Waals surface area contributed by atoms with Gasteiger partial charge in [-0.3, -0.25) is 0 Å². The molecular formula is C23H19N2+. The van der Waals surface area contributed by atoms with Gasteiger partial charge in [0.15, 0.2) is 0 Å². The topological polar surface area (TPSA) is 7.12 Å². The van der Waals surface area contributed by atoms with Crippen molar-refractivity contribution < 1.29 is 4.57 Å². The van der Waals surface area contributed by atoms with E-state index in [1.165, 1.54) is 22.2 Å².